The summed E-state index contributed by atoms with van der Waals surface area (Å²) in [5.41, 5.74) is 2.77. The van der Waals surface area contributed by atoms with Crippen molar-refractivity contribution in [2.75, 3.05) is 19.1 Å². The van der Waals surface area contributed by atoms with E-state index in [4.69, 9.17) is 9.47 Å². The van der Waals surface area contributed by atoms with Crippen LogP contribution in [0.1, 0.15) is 0 Å². The van der Waals surface area contributed by atoms with Gasteiger partial charge in [-0.1, -0.05) is 78.9 Å². The van der Waals surface area contributed by atoms with Crippen molar-refractivity contribution in [2.24, 2.45) is 0 Å². The van der Waals surface area contributed by atoms with Crippen LogP contribution in [0.3, 0.4) is 0 Å². The van der Waals surface area contributed by atoms with Crippen LogP contribution in [0, 0.1) is 0 Å². The van der Waals surface area contributed by atoms with E-state index in [0.29, 0.717) is 28.4 Å². The molecule has 2 amide bonds. The summed E-state index contributed by atoms with van der Waals surface area (Å²) in [6.07, 6.45) is -0.823. The molecular formula is C25H21N3O4. The molecule has 0 unspecified atom stereocenters. The van der Waals surface area contributed by atoms with Gasteiger partial charge in [-0.2, -0.15) is 14.7 Å². The number of carbonyl (C=O) groups excluding carboxylic acids is 2. The van der Waals surface area contributed by atoms with Crippen molar-refractivity contribution in [1.29, 1.82) is 0 Å². The maximum atomic E-state index is 13.7. The first-order valence-corrected chi connectivity index (χ1v) is 9.91. The third-order valence-electron chi connectivity index (χ3n) is 4.88. The number of carbonyl (C=O) groups is 2. The van der Waals surface area contributed by atoms with E-state index >= 15 is 0 Å². The quantitative estimate of drug-likeness (QED) is 0.432. The fraction of sp³-hybridized carbons (Fsp3) is 0.0800. The van der Waals surface area contributed by atoms with Crippen LogP contribution in [0.15, 0.2) is 91.0 Å². The zero-order valence-corrected chi connectivity index (χ0v) is 17.6. The molecule has 0 spiro atoms. The normalized spacial score (nSPS) is 10.4. The molecule has 0 radical (unpaired) electrons. The predicted octanol–water partition coefficient (Wildman–Crippen LogP) is 5.47. The number of amides is 2. The Labute approximate surface area is 185 Å². The maximum Gasteiger partial charge on any atom is 0.422 e. The molecular weight excluding hydrogens is 406 g/mol. The maximum absolute atomic E-state index is 13.7. The van der Waals surface area contributed by atoms with Gasteiger partial charge < -0.3 is 9.47 Å². The number of benzene rings is 3. The highest BCUT2D eigenvalue weighted by atomic mass is 16.5. The van der Waals surface area contributed by atoms with Crippen molar-refractivity contribution < 1.29 is 19.1 Å². The summed E-state index contributed by atoms with van der Waals surface area (Å²) in [6, 6.07) is 26.6. The summed E-state index contributed by atoms with van der Waals surface area (Å²) in [4.78, 5) is 27.3. The molecule has 7 nitrogen and oxygen atoms in total. The second-order valence-corrected chi connectivity index (χ2v) is 6.80. The van der Waals surface area contributed by atoms with Crippen molar-refractivity contribution in [3.63, 3.8) is 0 Å². The van der Waals surface area contributed by atoms with Crippen LogP contribution in [0.25, 0.3) is 22.5 Å². The fourth-order valence-electron chi connectivity index (χ4n) is 3.43. The number of imide groups is 1. The highest BCUT2D eigenvalue weighted by Crippen LogP contribution is 2.39. The summed E-state index contributed by atoms with van der Waals surface area (Å²) >= 11 is 0. The summed E-state index contributed by atoms with van der Waals surface area (Å²) in [7, 11) is 2.75. The number of nitrogens with zero attached hydrogens (tertiary/aromatic N) is 3. The van der Waals surface area contributed by atoms with Crippen molar-refractivity contribution >= 4 is 17.8 Å². The molecule has 0 aliphatic rings. The van der Waals surface area contributed by atoms with Gasteiger partial charge in [0.15, 0.2) is 5.75 Å². The minimum atomic E-state index is -0.823. The number of aromatic nitrogens is 2. The summed E-state index contributed by atoms with van der Waals surface area (Å²) < 4.78 is 11.8. The van der Waals surface area contributed by atoms with Crippen LogP contribution in [0.5, 0.6) is 5.75 Å². The first kappa shape index (κ1) is 20.9. The van der Waals surface area contributed by atoms with Gasteiger partial charge in [0.25, 0.3) is 0 Å². The van der Waals surface area contributed by atoms with Gasteiger partial charge in [-0.05, 0) is 12.1 Å². The van der Waals surface area contributed by atoms with Gasteiger partial charge in [-0.15, -0.1) is 0 Å². The SMILES string of the molecule is COC(=O)N(C(=O)n1nc(-c2ccccc2)c(OC)c1-c1ccccc1)c1ccccc1. The number of methoxy groups -OCH3 is 2. The van der Waals surface area contributed by atoms with E-state index in [0.717, 1.165) is 10.5 Å². The molecule has 0 bridgehead atoms. The Morgan fingerprint density at radius 1 is 0.781 bits per heavy atom. The summed E-state index contributed by atoms with van der Waals surface area (Å²) in [6.45, 7) is 0. The van der Waals surface area contributed by atoms with Gasteiger partial charge in [0.05, 0.1) is 19.9 Å². The molecule has 4 rings (SSSR count). The molecule has 3 aromatic carbocycles. The van der Waals surface area contributed by atoms with Gasteiger partial charge in [-0.3, -0.25) is 0 Å². The van der Waals surface area contributed by atoms with Gasteiger partial charge in [0.2, 0.25) is 0 Å². The molecule has 1 aromatic heterocycles. The van der Waals surface area contributed by atoms with Crippen LogP contribution >= 0.6 is 0 Å². The Morgan fingerprint density at radius 3 is 1.84 bits per heavy atom. The Kier molecular flexibility index (Phi) is 5.98. The van der Waals surface area contributed by atoms with Crippen molar-refractivity contribution in [2.45, 2.75) is 0 Å². The number of para-hydroxylation sites is 1. The first-order chi connectivity index (χ1) is 15.7. The molecule has 32 heavy (non-hydrogen) atoms. The zero-order valence-electron chi connectivity index (χ0n) is 17.6. The molecule has 0 saturated heterocycles. The lowest BCUT2D eigenvalue weighted by atomic mass is 10.1. The van der Waals surface area contributed by atoms with E-state index in [1.54, 1.807) is 30.3 Å². The van der Waals surface area contributed by atoms with E-state index in [-0.39, 0.29) is 0 Å². The number of hydrogen-bond acceptors (Lipinski definition) is 5. The summed E-state index contributed by atoms with van der Waals surface area (Å²) in [5, 5.41) is 4.58. The molecule has 0 saturated carbocycles. The molecule has 7 heteroatoms. The van der Waals surface area contributed by atoms with Gasteiger partial charge in [-0.25, -0.2) is 9.59 Å². The molecule has 160 valence electrons. The highest BCUT2D eigenvalue weighted by Gasteiger charge is 2.32. The van der Waals surface area contributed by atoms with E-state index in [2.05, 4.69) is 5.10 Å². The molecule has 1 heterocycles. The third-order valence-corrected chi connectivity index (χ3v) is 4.88. The average Bonchev–Trinajstić information content (AvgIpc) is 3.25. The topological polar surface area (TPSA) is 73.7 Å². The molecule has 0 fully saturated rings. The number of ether oxygens (including phenoxy) is 2. The number of rotatable bonds is 4. The van der Waals surface area contributed by atoms with Gasteiger partial charge in [0.1, 0.15) is 11.4 Å². The summed E-state index contributed by atoms with van der Waals surface area (Å²) in [5.74, 6) is 0.425. The Balaban J connectivity index is 1.95. The van der Waals surface area contributed by atoms with E-state index in [9.17, 15) is 9.59 Å². The van der Waals surface area contributed by atoms with Crippen LogP contribution in [-0.2, 0) is 4.74 Å². The Morgan fingerprint density at radius 2 is 1.31 bits per heavy atom. The predicted molar refractivity (Wildman–Crippen MR) is 122 cm³/mol. The minimum absolute atomic E-state index is 0.360. The highest BCUT2D eigenvalue weighted by molar-refractivity contribution is 6.13. The molecule has 0 atom stereocenters. The second kappa shape index (κ2) is 9.18. The molecule has 0 aliphatic carbocycles. The van der Waals surface area contributed by atoms with E-state index in [1.807, 2.05) is 60.7 Å². The molecule has 0 aliphatic heterocycles. The number of anilines is 1. The first-order valence-electron chi connectivity index (χ1n) is 9.91. The fourth-order valence-corrected chi connectivity index (χ4v) is 3.43. The van der Waals surface area contributed by atoms with Crippen LogP contribution in [0.2, 0.25) is 0 Å². The standard InChI is InChI=1S/C25H21N3O4/c1-31-23-21(18-12-6-3-7-13-18)26-28(22(23)19-14-8-4-9-15-19)24(29)27(25(30)32-2)20-16-10-5-11-17-20/h3-17H,1-2H3. The molecule has 4 aromatic rings. The lowest BCUT2D eigenvalue weighted by molar-refractivity contribution is 0.178. The van der Waals surface area contributed by atoms with Crippen LogP contribution in [0.4, 0.5) is 15.3 Å². The van der Waals surface area contributed by atoms with Gasteiger partial charge in [0, 0.05) is 11.1 Å². The Hall–Kier alpha value is -4.39. The van der Waals surface area contributed by atoms with Gasteiger partial charge >= 0.3 is 12.1 Å². The Bertz CT molecular complexity index is 1220. The minimum Gasteiger partial charge on any atom is -0.492 e. The largest absolute Gasteiger partial charge is 0.492 e. The lowest BCUT2D eigenvalue weighted by Gasteiger charge is -2.20. The third kappa shape index (κ3) is 3.83. The smallest absolute Gasteiger partial charge is 0.422 e. The van der Waals surface area contributed by atoms with Crippen molar-refractivity contribution in [3.05, 3.63) is 91.0 Å². The molecule has 0 N–H and O–H groups in total. The monoisotopic (exact) mass is 427 g/mol. The average molecular weight is 427 g/mol. The van der Waals surface area contributed by atoms with Crippen LogP contribution in [-0.4, -0.2) is 36.1 Å². The zero-order chi connectivity index (χ0) is 22.5. The lowest BCUT2D eigenvalue weighted by Crippen LogP contribution is -2.40. The van der Waals surface area contributed by atoms with Crippen molar-refractivity contribution in [1.82, 2.24) is 9.78 Å². The van der Waals surface area contributed by atoms with E-state index < -0.39 is 12.1 Å². The number of hydrogen-bond donors (Lipinski definition) is 0. The van der Waals surface area contributed by atoms with Crippen LogP contribution < -0.4 is 9.64 Å². The second-order valence-electron chi connectivity index (χ2n) is 6.80. The van der Waals surface area contributed by atoms with Crippen molar-refractivity contribution in [3.8, 4) is 28.3 Å². The van der Waals surface area contributed by atoms with E-state index in [1.165, 1.54) is 18.9 Å².